The summed E-state index contributed by atoms with van der Waals surface area (Å²) in [5.74, 6) is 2.31. The maximum atomic E-state index is 11.1. The molecule has 3 nitrogen and oxygen atoms in total. The minimum Gasteiger partial charge on any atom is -0.393 e. The predicted octanol–water partition coefficient (Wildman–Crippen LogP) is 4.38. The number of aliphatic hydroxyl groups excluding tert-OH is 3. The Bertz CT molecular complexity index is 492. The molecule has 0 heterocycles. The van der Waals surface area contributed by atoms with Crippen LogP contribution in [0.5, 0.6) is 0 Å². The summed E-state index contributed by atoms with van der Waals surface area (Å²) in [7, 11) is 0. The Kier molecular flexibility index (Phi) is 5.84. The van der Waals surface area contributed by atoms with Gasteiger partial charge in [0.05, 0.1) is 18.3 Å². The van der Waals surface area contributed by atoms with Crippen LogP contribution in [-0.2, 0) is 0 Å². The molecule has 0 aliphatic heterocycles. The Labute approximate surface area is 160 Å². The van der Waals surface area contributed by atoms with Crippen molar-refractivity contribution < 1.29 is 15.3 Å². The van der Waals surface area contributed by atoms with Crippen molar-refractivity contribution in [2.75, 3.05) is 0 Å². The predicted molar refractivity (Wildman–Crippen MR) is 106 cm³/mol. The van der Waals surface area contributed by atoms with Crippen LogP contribution < -0.4 is 0 Å². The highest BCUT2D eigenvalue weighted by atomic mass is 16.3. The second-order valence-corrected chi connectivity index (χ2v) is 10.7. The summed E-state index contributed by atoms with van der Waals surface area (Å²) < 4.78 is 0. The smallest absolute Gasteiger partial charge is 0.0574 e. The average Bonchev–Trinajstić information content (AvgIpc) is 2.94. The number of rotatable bonds is 4. The third kappa shape index (κ3) is 3.26. The molecule has 0 aromatic carbocycles. The Morgan fingerprint density at radius 3 is 2.35 bits per heavy atom. The molecule has 0 aromatic heterocycles. The summed E-state index contributed by atoms with van der Waals surface area (Å²) in [6, 6.07) is 0. The van der Waals surface area contributed by atoms with Crippen molar-refractivity contribution in [3.63, 3.8) is 0 Å². The van der Waals surface area contributed by atoms with Crippen molar-refractivity contribution in [1.82, 2.24) is 0 Å². The van der Waals surface area contributed by atoms with Gasteiger partial charge in [0.2, 0.25) is 0 Å². The summed E-state index contributed by atoms with van der Waals surface area (Å²) in [6.07, 6.45) is 7.42. The van der Waals surface area contributed by atoms with Gasteiger partial charge < -0.3 is 15.3 Å². The summed E-state index contributed by atoms with van der Waals surface area (Å²) in [5, 5.41) is 32.0. The highest BCUT2D eigenvalue weighted by Gasteiger charge is 2.57. The van der Waals surface area contributed by atoms with Crippen molar-refractivity contribution in [2.45, 2.75) is 104 Å². The van der Waals surface area contributed by atoms with Crippen LogP contribution in [0, 0.1) is 40.4 Å². The molecule has 0 unspecified atom stereocenters. The number of aliphatic hydroxyl groups is 3. The van der Waals surface area contributed by atoms with Crippen LogP contribution in [-0.4, -0.2) is 33.6 Å². The first-order chi connectivity index (χ1) is 12.1. The molecule has 0 radical (unpaired) electrons. The van der Waals surface area contributed by atoms with E-state index in [4.69, 9.17) is 0 Å². The fourth-order valence-electron chi connectivity index (χ4n) is 7.37. The lowest BCUT2D eigenvalue weighted by molar-refractivity contribution is -0.123. The third-order valence-corrected chi connectivity index (χ3v) is 9.45. The molecule has 10 atom stereocenters. The lowest BCUT2D eigenvalue weighted by Gasteiger charge is -2.55. The maximum absolute atomic E-state index is 11.1. The van der Waals surface area contributed by atoms with Gasteiger partial charge in [-0.3, -0.25) is 0 Å². The van der Waals surface area contributed by atoms with E-state index in [9.17, 15) is 15.3 Å². The van der Waals surface area contributed by atoms with E-state index in [1.807, 2.05) is 6.92 Å². The van der Waals surface area contributed by atoms with E-state index >= 15 is 0 Å². The fourth-order valence-corrected chi connectivity index (χ4v) is 7.37. The molecule has 0 spiro atoms. The molecule has 3 aliphatic carbocycles. The SMILES string of the molecule is CC[C@@H](C)[C@H]1CC[C@@H]([C@H]2C[C@@]3(C)CC[C@@H](O)C[C@H]3C[C@H]2O)[C@]1(C)[C@H](C)O. The summed E-state index contributed by atoms with van der Waals surface area (Å²) in [5.41, 5.74) is 0.148. The van der Waals surface area contributed by atoms with E-state index in [0.29, 0.717) is 29.6 Å². The Morgan fingerprint density at radius 2 is 1.73 bits per heavy atom. The van der Waals surface area contributed by atoms with Crippen LogP contribution >= 0.6 is 0 Å². The van der Waals surface area contributed by atoms with Gasteiger partial charge in [0, 0.05) is 0 Å². The normalized spacial score (nSPS) is 51.7. The third-order valence-electron chi connectivity index (χ3n) is 9.45. The van der Waals surface area contributed by atoms with Gasteiger partial charge in [0.15, 0.2) is 0 Å². The van der Waals surface area contributed by atoms with Crippen molar-refractivity contribution >= 4 is 0 Å². The lowest BCUT2D eigenvalue weighted by atomic mass is 9.52. The first-order valence-electron chi connectivity index (χ1n) is 11.2. The largest absolute Gasteiger partial charge is 0.393 e. The van der Waals surface area contributed by atoms with Crippen molar-refractivity contribution in [3.05, 3.63) is 0 Å². The molecule has 3 aliphatic rings. The molecular formula is C23H42O3. The zero-order valence-corrected chi connectivity index (χ0v) is 17.6. The monoisotopic (exact) mass is 366 g/mol. The Morgan fingerprint density at radius 1 is 1.04 bits per heavy atom. The zero-order valence-electron chi connectivity index (χ0n) is 17.6. The fraction of sp³-hybridized carbons (Fsp3) is 1.00. The van der Waals surface area contributed by atoms with Crippen LogP contribution in [0.1, 0.15) is 86.0 Å². The van der Waals surface area contributed by atoms with Gasteiger partial charge in [-0.1, -0.05) is 34.1 Å². The average molecular weight is 367 g/mol. The quantitative estimate of drug-likeness (QED) is 0.692. The summed E-state index contributed by atoms with van der Waals surface area (Å²) in [4.78, 5) is 0. The molecular weight excluding hydrogens is 324 g/mol. The zero-order chi connectivity index (χ0) is 19.3. The molecule has 3 heteroatoms. The maximum Gasteiger partial charge on any atom is 0.0574 e. The van der Waals surface area contributed by atoms with Gasteiger partial charge in [0.25, 0.3) is 0 Å². The number of hydrogen-bond donors (Lipinski definition) is 3. The van der Waals surface area contributed by atoms with Gasteiger partial charge in [-0.25, -0.2) is 0 Å². The minimum atomic E-state index is -0.333. The van der Waals surface area contributed by atoms with E-state index < -0.39 is 0 Å². The van der Waals surface area contributed by atoms with E-state index in [0.717, 1.165) is 44.9 Å². The lowest BCUT2D eigenvalue weighted by Crippen LogP contribution is -2.52. The molecule has 26 heavy (non-hydrogen) atoms. The Hall–Kier alpha value is -0.120. The highest BCUT2D eigenvalue weighted by molar-refractivity contribution is 5.06. The van der Waals surface area contributed by atoms with Crippen molar-refractivity contribution in [2.24, 2.45) is 40.4 Å². The summed E-state index contributed by atoms with van der Waals surface area (Å²) >= 11 is 0. The number of hydrogen-bond acceptors (Lipinski definition) is 3. The van der Waals surface area contributed by atoms with Gasteiger partial charge in [-0.15, -0.1) is 0 Å². The van der Waals surface area contributed by atoms with Gasteiger partial charge in [0.1, 0.15) is 0 Å². The van der Waals surface area contributed by atoms with E-state index in [1.54, 1.807) is 0 Å². The standard InChI is InChI=1S/C23H42O3/c1-6-14(2)19-7-8-20(23(19,5)15(3)24)18-13-22(4)10-9-17(25)11-16(22)12-21(18)26/h14-21,24-26H,6-13H2,1-5H3/t14-,15+,16+,17-,18-,19-,20+,21-,22-,23-/m1/s1. The first-order valence-corrected chi connectivity index (χ1v) is 11.2. The second-order valence-electron chi connectivity index (χ2n) is 10.7. The molecule has 3 saturated carbocycles. The minimum absolute atomic E-state index is 0.0988. The van der Waals surface area contributed by atoms with Crippen LogP contribution in [0.25, 0.3) is 0 Å². The van der Waals surface area contributed by atoms with Crippen LogP contribution in [0.15, 0.2) is 0 Å². The molecule has 152 valence electrons. The summed E-state index contributed by atoms with van der Waals surface area (Å²) in [6.45, 7) is 11.3. The van der Waals surface area contributed by atoms with E-state index in [2.05, 4.69) is 27.7 Å². The molecule has 0 aromatic rings. The topological polar surface area (TPSA) is 60.7 Å². The Balaban J connectivity index is 1.85. The van der Waals surface area contributed by atoms with Crippen molar-refractivity contribution in [3.8, 4) is 0 Å². The van der Waals surface area contributed by atoms with Gasteiger partial charge in [-0.05, 0) is 92.3 Å². The van der Waals surface area contributed by atoms with E-state index in [1.165, 1.54) is 6.42 Å². The molecule has 0 saturated heterocycles. The molecule has 3 fully saturated rings. The first kappa shape index (κ1) is 20.6. The molecule has 3 rings (SSSR count). The van der Waals surface area contributed by atoms with Crippen LogP contribution in [0.4, 0.5) is 0 Å². The number of fused-ring (bicyclic) bond motifs is 1. The molecule has 3 N–H and O–H groups in total. The van der Waals surface area contributed by atoms with Crippen LogP contribution in [0.2, 0.25) is 0 Å². The van der Waals surface area contributed by atoms with Crippen molar-refractivity contribution in [1.29, 1.82) is 0 Å². The van der Waals surface area contributed by atoms with E-state index in [-0.39, 0.29) is 29.1 Å². The highest BCUT2D eigenvalue weighted by Crippen LogP contribution is 2.61. The second kappa shape index (κ2) is 7.37. The van der Waals surface area contributed by atoms with Crippen LogP contribution in [0.3, 0.4) is 0 Å². The molecule has 0 bridgehead atoms. The molecule has 0 amide bonds. The van der Waals surface area contributed by atoms with Gasteiger partial charge >= 0.3 is 0 Å². The van der Waals surface area contributed by atoms with Gasteiger partial charge in [-0.2, -0.15) is 0 Å².